The highest BCUT2D eigenvalue weighted by Gasteiger charge is 2.23. The predicted molar refractivity (Wildman–Crippen MR) is 91.0 cm³/mol. The van der Waals surface area contributed by atoms with Crippen LogP contribution in [0.15, 0.2) is 51.7 Å². The number of oxazole rings is 1. The van der Waals surface area contributed by atoms with E-state index in [1.165, 1.54) is 11.7 Å². The molecule has 1 N–H and O–H groups in total. The normalized spacial score (nSPS) is 12.1. The van der Waals surface area contributed by atoms with Crippen molar-refractivity contribution in [1.82, 2.24) is 4.57 Å². The van der Waals surface area contributed by atoms with E-state index < -0.39 is 11.8 Å². The van der Waals surface area contributed by atoms with Crippen LogP contribution >= 0.6 is 0 Å². The first-order valence-electron chi connectivity index (χ1n) is 7.50. The highest BCUT2D eigenvalue weighted by Crippen LogP contribution is 2.26. The van der Waals surface area contributed by atoms with Crippen molar-refractivity contribution < 1.29 is 13.9 Å². The van der Waals surface area contributed by atoms with E-state index in [4.69, 9.17) is 9.15 Å². The van der Waals surface area contributed by atoms with Gasteiger partial charge in [-0.05, 0) is 30.2 Å². The minimum atomic E-state index is -0.649. The number of nitrogens with zero attached hydrogens (tertiary/aromatic N) is 1. The first kappa shape index (κ1) is 15.9. The molecule has 24 heavy (non-hydrogen) atoms. The zero-order chi connectivity index (χ0) is 17.3. The molecular weight excluding hydrogens is 308 g/mol. The summed E-state index contributed by atoms with van der Waals surface area (Å²) in [5.74, 6) is -0.815. The number of carbonyl (C=O) groups excluding carboxylic acids is 1. The van der Waals surface area contributed by atoms with Gasteiger partial charge in [0.1, 0.15) is 0 Å². The van der Waals surface area contributed by atoms with Gasteiger partial charge in [0.25, 0.3) is 0 Å². The third kappa shape index (κ3) is 2.78. The van der Waals surface area contributed by atoms with Gasteiger partial charge in [0, 0.05) is 18.8 Å². The molecule has 1 aromatic heterocycles. The Bertz CT molecular complexity index is 955. The first-order chi connectivity index (χ1) is 11.5. The third-order valence-electron chi connectivity index (χ3n) is 4.04. The van der Waals surface area contributed by atoms with Crippen molar-refractivity contribution in [2.24, 2.45) is 7.05 Å². The van der Waals surface area contributed by atoms with E-state index >= 15 is 0 Å². The molecule has 0 amide bonds. The van der Waals surface area contributed by atoms with E-state index in [-0.39, 0.29) is 5.97 Å². The molecule has 0 fully saturated rings. The number of nitrogens with one attached hydrogen (secondary N) is 1. The fourth-order valence-electron chi connectivity index (χ4n) is 2.68. The van der Waals surface area contributed by atoms with Crippen LogP contribution in [0.3, 0.4) is 0 Å². The van der Waals surface area contributed by atoms with E-state index in [0.29, 0.717) is 16.8 Å². The number of methoxy groups -OCH3 is 1. The number of rotatable bonds is 4. The third-order valence-corrected chi connectivity index (χ3v) is 4.04. The van der Waals surface area contributed by atoms with E-state index in [9.17, 15) is 9.59 Å². The molecule has 0 saturated heterocycles. The average Bonchev–Trinajstić information content (AvgIpc) is 2.86. The summed E-state index contributed by atoms with van der Waals surface area (Å²) in [7, 11) is 3.00. The van der Waals surface area contributed by atoms with Crippen LogP contribution in [0.2, 0.25) is 0 Å². The highest BCUT2D eigenvalue weighted by atomic mass is 16.5. The number of hydrogen-bond donors (Lipinski definition) is 1. The Kier molecular flexibility index (Phi) is 4.12. The Hall–Kier alpha value is -3.02. The maximum absolute atomic E-state index is 12.2. The number of fused-ring (bicyclic) bond motifs is 1. The first-order valence-corrected chi connectivity index (χ1v) is 7.50. The lowest BCUT2D eigenvalue weighted by molar-refractivity contribution is -0.141. The highest BCUT2D eigenvalue weighted by molar-refractivity contribution is 5.83. The van der Waals surface area contributed by atoms with Crippen LogP contribution in [0, 0.1) is 6.92 Å². The maximum atomic E-state index is 12.2. The Morgan fingerprint density at radius 1 is 1.25 bits per heavy atom. The SMILES string of the molecule is COC(=O)C(Nc1ccc2c(c1)oc(=O)n2C)c1ccccc1C. The van der Waals surface area contributed by atoms with Gasteiger partial charge in [0.2, 0.25) is 0 Å². The molecule has 3 rings (SSSR count). The largest absolute Gasteiger partial charge is 0.467 e. The van der Waals surface area contributed by atoms with Crippen molar-refractivity contribution >= 4 is 22.8 Å². The Morgan fingerprint density at radius 3 is 2.71 bits per heavy atom. The molecule has 1 heterocycles. The molecule has 0 aliphatic heterocycles. The summed E-state index contributed by atoms with van der Waals surface area (Å²) in [4.78, 5) is 23.8. The number of benzene rings is 2. The Morgan fingerprint density at radius 2 is 2.00 bits per heavy atom. The summed E-state index contributed by atoms with van der Waals surface area (Å²) < 4.78 is 11.5. The summed E-state index contributed by atoms with van der Waals surface area (Å²) >= 11 is 0. The van der Waals surface area contributed by atoms with Crippen LogP contribution in [0.5, 0.6) is 0 Å². The van der Waals surface area contributed by atoms with Crippen LogP contribution in [-0.4, -0.2) is 17.6 Å². The predicted octanol–water partition coefficient (Wildman–Crippen LogP) is 2.77. The van der Waals surface area contributed by atoms with E-state index in [1.807, 2.05) is 31.2 Å². The van der Waals surface area contributed by atoms with Crippen LogP contribution in [0.1, 0.15) is 17.2 Å². The minimum Gasteiger partial charge on any atom is -0.467 e. The lowest BCUT2D eigenvalue weighted by atomic mass is 10.0. The van der Waals surface area contributed by atoms with Crippen molar-refractivity contribution in [1.29, 1.82) is 0 Å². The molecule has 0 aliphatic carbocycles. The fraction of sp³-hybridized carbons (Fsp3) is 0.222. The molecule has 0 bridgehead atoms. The number of hydrogen-bond acceptors (Lipinski definition) is 5. The molecule has 0 saturated carbocycles. The second kappa shape index (κ2) is 6.23. The Labute approximate surface area is 138 Å². The van der Waals surface area contributed by atoms with Crippen molar-refractivity contribution in [3.05, 3.63) is 64.1 Å². The molecule has 124 valence electrons. The van der Waals surface area contributed by atoms with Gasteiger partial charge in [-0.15, -0.1) is 0 Å². The number of anilines is 1. The molecule has 6 nitrogen and oxygen atoms in total. The molecule has 0 spiro atoms. The quantitative estimate of drug-likeness (QED) is 0.746. The van der Waals surface area contributed by atoms with Crippen molar-refractivity contribution in [3.8, 4) is 0 Å². The number of ether oxygens (including phenoxy) is 1. The zero-order valence-electron chi connectivity index (χ0n) is 13.7. The van der Waals surface area contributed by atoms with Crippen LogP contribution in [-0.2, 0) is 16.6 Å². The van der Waals surface area contributed by atoms with Crippen LogP contribution in [0.4, 0.5) is 5.69 Å². The van der Waals surface area contributed by atoms with Gasteiger partial charge in [-0.3, -0.25) is 4.57 Å². The molecule has 0 aliphatic rings. The van der Waals surface area contributed by atoms with Crippen molar-refractivity contribution in [3.63, 3.8) is 0 Å². The molecule has 6 heteroatoms. The van der Waals surface area contributed by atoms with Gasteiger partial charge in [-0.1, -0.05) is 24.3 Å². The number of carbonyl (C=O) groups is 1. The molecule has 1 atom stereocenters. The summed E-state index contributed by atoms with van der Waals surface area (Å²) in [5, 5.41) is 3.16. The maximum Gasteiger partial charge on any atom is 0.419 e. The minimum absolute atomic E-state index is 0.390. The molecule has 1 unspecified atom stereocenters. The number of aryl methyl sites for hydroxylation is 2. The molecule has 2 aromatic carbocycles. The van der Waals surface area contributed by atoms with Gasteiger partial charge in [0.05, 0.1) is 12.6 Å². The van der Waals surface area contributed by atoms with Gasteiger partial charge >= 0.3 is 11.7 Å². The van der Waals surface area contributed by atoms with Gasteiger partial charge in [-0.25, -0.2) is 9.59 Å². The summed E-state index contributed by atoms with van der Waals surface area (Å²) in [5.41, 5.74) is 3.62. The van der Waals surface area contributed by atoms with Gasteiger partial charge < -0.3 is 14.5 Å². The number of esters is 1. The average molecular weight is 326 g/mol. The fourth-order valence-corrected chi connectivity index (χ4v) is 2.68. The second-order valence-corrected chi connectivity index (χ2v) is 5.57. The standard InChI is InChI=1S/C18H18N2O4/c1-11-6-4-5-7-13(11)16(17(21)23-3)19-12-8-9-14-15(10-12)24-18(22)20(14)2/h4-10,16,19H,1-3H3. The van der Waals surface area contributed by atoms with Gasteiger partial charge in [0.15, 0.2) is 11.6 Å². The monoisotopic (exact) mass is 326 g/mol. The summed E-state index contributed by atoms with van der Waals surface area (Å²) in [6.45, 7) is 1.94. The second-order valence-electron chi connectivity index (χ2n) is 5.57. The lowest BCUT2D eigenvalue weighted by Crippen LogP contribution is -2.23. The molecule has 3 aromatic rings. The smallest absolute Gasteiger partial charge is 0.419 e. The van der Waals surface area contributed by atoms with Gasteiger partial charge in [-0.2, -0.15) is 0 Å². The van der Waals surface area contributed by atoms with Crippen LogP contribution in [0.25, 0.3) is 11.1 Å². The van der Waals surface area contributed by atoms with Crippen molar-refractivity contribution in [2.45, 2.75) is 13.0 Å². The van der Waals surface area contributed by atoms with Crippen molar-refractivity contribution in [2.75, 3.05) is 12.4 Å². The topological polar surface area (TPSA) is 73.5 Å². The Balaban J connectivity index is 2.00. The zero-order valence-corrected chi connectivity index (χ0v) is 13.7. The van der Waals surface area contributed by atoms with E-state index in [0.717, 1.165) is 11.1 Å². The summed E-state index contributed by atoms with van der Waals surface area (Å²) in [6.07, 6.45) is 0. The molecular formula is C18H18N2O4. The lowest BCUT2D eigenvalue weighted by Gasteiger charge is -2.19. The molecule has 0 radical (unpaired) electrons. The number of aromatic nitrogens is 1. The summed E-state index contributed by atoms with van der Waals surface area (Å²) in [6, 6.07) is 12.2. The van der Waals surface area contributed by atoms with E-state index in [2.05, 4.69) is 5.32 Å². The van der Waals surface area contributed by atoms with E-state index in [1.54, 1.807) is 25.2 Å². The van der Waals surface area contributed by atoms with Crippen LogP contribution < -0.4 is 11.1 Å².